The molecule has 6 heteroatoms. The van der Waals surface area contributed by atoms with E-state index < -0.39 is 0 Å². The summed E-state index contributed by atoms with van der Waals surface area (Å²) < 4.78 is 5.56. The highest BCUT2D eigenvalue weighted by atomic mass is 32.1. The highest BCUT2D eigenvalue weighted by Gasteiger charge is 2.18. The summed E-state index contributed by atoms with van der Waals surface area (Å²) in [5, 5.41) is 5.34. The number of thiophene rings is 1. The van der Waals surface area contributed by atoms with E-state index in [-0.39, 0.29) is 23.1 Å². The van der Waals surface area contributed by atoms with Crippen molar-refractivity contribution < 1.29 is 9.21 Å². The highest BCUT2D eigenvalue weighted by molar-refractivity contribution is 7.10. The van der Waals surface area contributed by atoms with Gasteiger partial charge in [0.15, 0.2) is 11.2 Å². The molecule has 5 nitrogen and oxygen atoms in total. The molecule has 0 fully saturated rings. The molecular weight excluding hydrogens is 324 g/mol. The number of nitrogens with one attached hydrogen (secondary N) is 1. The lowest BCUT2D eigenvalue weighted by Gasteiger charge is -2.23. The van der Waals surface area contributed by atoms with Crippen LogP contribution in [0, 0.1) is 0 Å². The Morgan fingerprint density at radius 1 is 1.25 bits per heavy atom. The zero-order chi connectivity index (χ0) is 17.1. The maximum absolute atomic E-state index is 12.4. The number of carbonyl (C=O) groups excluding carboxylic acids is 1. The van der Waals surface area contributed by atoms with Gasteiger partial charge in [0.25, 0.3) is 5.91 Å². The Balaban J connectivity index is 1.79. The van der Waals surface area contributed by atoms with Crippen molar-refractivity contribution in [1.29, 1.82) is 0 Å². The van der Waals surface area contributed by atoms with Crippen molar-refractivity contribution in [3.05, 3.63) is 68.7 Å². The van der Waals surface area contributed by atoms with Gasteiger partial charge in [0.2, 0.25) is 0 Å². The third-order valence-electron chi connectivity index (χ3n) is 3.81. The first-order valence-corrected chi connectivity index (χ1v) is 8.45. The largest absolute Gasteiger partial charge is 0.451 e. The van der Waals surface area contributed by atoms with E-state index in [0.717, 1.165) is 0 Å². The van der Waals surface area contributed by atoms with Gasteiger partial charge in [-0.15, -0.1) is 11.3 Å². The summed E-state index contributed by atoms with van der Waals surface area (Å²) >= 11 is 1.64. The summed E-state index contributed by atoms with van der Waals surface area (Å²) in [6, 6.07) is 12.2. The van der Waals surface area contributed by atoms with Gasteiger partial charge in [-0.25, -0.2) is 0 Å². The van der Waals surface area contributed by atoms with E-state index in [4.69, 9.17) is 4.42 Å². The average Bonchev–Trinajstić information content (AvgIpc) is 3.08. The van der Waals surface area contributed by atoms with Crippen LogP contribution in [0.4, 0.5) is 0 Å². The van der Waals surface area contributed by atoms with Gasteiger partial charge in [0.1, 0.15) is 5.58 Å². The van der Waals surface area contributed by atoms with E-state index >= 15 is 0 Å². The zero-order valence-corrected chi connectivity index (χ0v) is 14.3. The molecule has 3 aromatic rings. The number of rotatable bonds is 5. The molecule has 1 N–H and O–H groups in total. The minimum absolute atomic E-state index is 0.0300. The Labute approximate surface area is 143 Å². The van der Waals surface area contributed by atoms with Crippen LogP contribution in [0.3, 0.4) is 0 Å². The molecule has 0 radical (unpaired) electrons. The first kappa shape index (κ1) is 16.4. The standard InChI is InChI=1S/C18H18N2O3S/c1-20(2)13(17-8-5-9-24-17)11-19-18(22)16-10-14(21)12-6-3-4-7-15(12)23-16/h3-10,13H,11H2,1-2H3,(H,19,22)/t13-/m0/s1. The Hall–Kier alpha value is -2.44. The lowest BCUT2D eigenvalue weighted by molar-refractivity contribution is 0.0915. The number of nitrogens with zero attached hydrogens (tertiary/aromatic N) is 1. The number of para-hydroxylation sites is 1. The van der Waals surface area contributed by atoms with Crippen molar-refractivity contribution in [2.75, 3.05) is 20.6 Å². The van der Waals surface area contributed by atoms with Gasteiger partial charge in [0, 0.05) is 17.5 Å². The van der Waals surface area contributed by atoms with Crippen LogP contribution in [0.5, 0.6) is 0 Å². The number of benzene rings is 1. The topological polar surface area (TPSA) is 62.6 Å². The van der Waals surface area contributed by atoms with Gasteiger partial charge in [-0.1, -0.05) is 18.2 Å². The molecule has 1 aromatic carbocycles. The van der Waals surface area contributed by atoms with Gasteiger partial charge in [-0.3, -0.25) is 9.59 Å². The monoisotopic (exact) mass is 342 g/mol. The van der Waals surface area contributed by atoms with Crippen molar-refractivity contribution in [2.45, 2.75) is 6.04 Å². The molecule has 0 spiro atoms. The van der Waals surface area contributed by atoms with Crippen molar-refractivity contribution in [3.63, 3.8) is 0 Å². The van der Waals surface area contributed by atoms with Gasteiger partial charge in [-0.05, 0) is 37.7 Å². The molecule has 0 aliphatic heterocycles. The number of hydrogen-bond donors (Lipinski definition) is 1. The molecule has 1 amide bonds. The zero-order valence-electron chi connectivity index (χ0n) is 13.5. The molecule has 2 aromatic heterocycles. The Bertz CT molecular complexity index is 900. The second-order valence-electron chi connectivity index (χ2n) is 5.68. The fourth-order valence-corrected chi connectivity index (χ4v) is 3.43. The number of carbonyl (C=O) groups is 1. The quantitative estimate of drug-likeness (QED) is 0.774. The van der Waals surface area contributed by atoms with Crippen LogP contribution in [-0.4, -0.2) is 31.4 Å². The second kappa shape index (κ2) is 6.98. The van der Waals surface area contributed by atoms with Crippen LogP contribution in [-0.2, 0) is 0 Å². The van der Waals surface area contributed by atoms with E-state index in [2.05, 4.69) is 5.32 Å². The minimum Gasteiger partial charge on any atom is -0.451 e. The molecule has 0 aliphatic rings. The summed E-state index contributed by atoms with van der Waals surface area (Å²) in [7, 11) is 3.93. The van der Waals surface area contributed by atoms with E-state index in [1.54, 1.807) is 35.6 Å². The van der Waals surface area contributed by atoms with Crippen molar-refractivity contribution in [2.24, 2.45) is 0 Å². The van der Waals surface area contributed by atoms with Crippen LogP contribution >= 0.6 is 11.3 Å². The van der Waals surface area contributed by atoms with E-state index in [1.165, 1.54) is 10.9 Å². The fraction of sp³-hybridized carbons (Fsp3) is 0.222. The lowest BCUT2D eigenvalue weighted by Crippen LogP contribution is -2.34. The molecule has 0 saturated carbocycles. The van der Waals surface area contributed by atoms with Crippen molar-refractivity contribution in [3.8, 4) is 0 Å². The second-order valence-corrected chi connectivity index (χ2v) is 6.66. The smallest absolute Gasteiger partial charge is 0.287 e. The maximum Gasteiger partial charge on any atom is 0.287 e. The van der Waals surface area contributed by atoms with E-state index in [9.17, 15) is 9.59 Å². The molecule has 2 heterocycles. The van der Waals surface area contributed by atoms with Gasteiger partial charge >= 0.3 is 0 Å². The Kier molecular flexibility index (Phi) is 4.78. The normalized spacial score (nSPS) is 12.5. The molecule has 1 atom stereocenters. The van der Waals surface area contributed by atoms with Crippen LogP contribution in [0.1, 0.15) is 21.5 Å². The predicted octanol–water partition coefficient (Wildman–Crippen LogP) is 2.89. The lowest BCUT2D eigenvalue weighted by atomic mass is 10.2. The third kappa shape index (κ3) is 3.39. The first-order chi connectivity index (χ1) is 11.6. The highest BCUT2D eigenvalue weighted by Crippen LogP contribution is 2.22. The summed E-state index contributed by atoms with van der Waals surface area (Å²) in [5.41, 5.74) is 0.196. The predicted molar refractivity (Wildman–Crippen MR) is 95.6 cm³/mol. The maximum atomic E-state index is 12.4. The summed E-state index contributed by atoms with van der Waals surface area (Å²) in [6.45, 7) is 0.433. The molecule has 124 valence electrons. The number of likely N-dealkylation sites (N-methyl/N-ethyl adjacent to an activating group) is 1. The molecular formula is C18H18N2O3S. The van der Waals surface area contributed by atoms with Gasteiger partial charge in [0.05, 0.1) is 11.4 Å². The van der Waals surface area contributed by atoms with Gasteiger partial charge < -0.3 is 14.6 Å². The molecule has 0 aliphatic carbocycles. The van der Waals surface area contributed by atoms with Crippen LogP contribution in [0.25, 0.3) is 11.0 Å². The Morgan fingerprint density at radius 3 is 2.75 bits per heavy atom. The van der Waals surface area contributed by atoms with E-state index in [0.29, 0.717) is 17.5 Å². The molecule has 24 heavy (non-hydrogen) atoms. The summed E-state index contributed by atoms with van der Waals surface area (Å²) in [6.07, 6.45) is 0. The SMILES string of the molecule is CN(C)[C@@H](CNC(=O)c1cc(=O)c2ccccc2o1)c1cccs1. The van der Waals surface area contributed by atoms with E-state index in [1.807, 2.05) is 36.5 Å². The number of amides is 1. The third-order valence-corrected chi connectivity index (χ3v) is 4.78. The van der Waals surface area contributed by atoms with Crippen LogP contribution < -0.4 is 10.7 Å². The van der Waals surface area contributed by atoms with Crippen LogP contribution in [0.15, 0.2) is 57.1 Å². The average molecular weight is 342 g/mol. The molecule has 0 bridgehead atoms. The number of fused-ring (bicyclic) bond motifs is 1. The molecule has 3 rings (SSSR count). The first-order valence-electron chi connectivity index (χ1n) is 7.57. The van der Waals surface area contributed by atoms with Crippen molar-refractivity contribution in [1.82, 2.24) is 10.2 Å². The summed E-state index contributed by atoms with van der Waals surface area (Å²) in [5.74, 6) is -0.358. The molecule has 0 saturated heterocycles. The Morgan fingerprint density at radius 2 is 2.04 bits per heavy atom. The molecule has 0 unspecified atom stereocenters. The van der Waals surface area contributed by atoms with Crippen LogP contribution in [0.2, 0.25) is 0 Å². The van der Waals surface area contributed by atoms with Gasteiger partial charge in [-0.2, -0.15) is 0 Å². The van der Waals surface area contributed by atoms with Crippen molar-refractivity contribution >= 4 is 28.2 Å². The minimum atomic E-state index is -0.388. The fourth-order valence-electron chi connectivity index (χ4n) is 2.51. The number of hydrogen-bond acceptors (Lipinski definition) is 5. The summed E-state index contributed by atoms with van der Waals surface area (Å²) in [4.78, 5) is 27.7.